The quantitative estimate of drug-likeness (QED) is 0.870. The molecule has 0 aromatic carbocycles. The number of aryl methyl sites for hydroxylation is 1. The van der Waals surface area contributed by atoms with E-state index in [1.807, 2.05) is 19.9 Å². The largest absolute Gasteiger partial charge is 0.478 e. The molecule has 2 aliphatic rings. The monoisotopic (exact) mass is 290 g/mol. The minimum Gasteiger partial charge on any atom is -0.478 e. The number of aromatic nitrogens is 2. The first-order valence-electron chi connectivity index (χ1n) is 8.21. The van der Waals surface area contributed by atoms with Gasteiger partial charge in [-0.2, -0.15) is 4.98 Å². The van der Waals surface area contributed by atoms with Crippen molar-refractivity contribution in [1.29, 1.82) is 0 Å². The molecular weight excluding hydrogens is 264 g/mol. The van der Waals surface area contributed by atoms with Gasteiger partial charge in [-0.05, 0) is 52.0 Å². The van der Waals surface area contributed by atoms with Crippen molar-refractivity contribution in [2.45, 2.75) is 45.6 Å². The average Bonchev–Trinajstić information content (AvgIpc) is 3.30. The van der Waals surface area contributed by atoms with Gasteiger partial charge in [0, 0.05) is 25.2 Å². The molecule has 5 heteroatoms. The summed E-state index contributed by atoms with van der Waals surface area (Å²) in [4.78, 5) is 11.2. The Morgan fingerprint density at radius 3 is 2.67 bits per heavy atom. The molecule has 0 amide bonds. The summed E-state index contributed by atoms with van der Waals surface area (Å²) in [6.07, 6.45) is 5.23. The number of rotatable bonds is 6. The van der Waals surface area contributed by atoms with E-state index in [2.05, 4.69) is 20.2 Å². The normalized spacial score (nSPS) is 19.8. The number of hydrogen-bond acceptors (Lipinski definition) is 5. The molecule has 1 saturated carbocycles. The van der Waals surface area contributed by atoms with Gasteiger partial charge in [0.05, 0.1) is 6.61 Å². The molecule has 0 unspecified atom stereocenters. The van der Waals surface area contributed by atoms with E-state index in [1.165, 1.54) is 32.2 Å². The highest BCUT2D eigenvalue weighted by Gasteiger charge is 2.25. The summed E-state index contributed by atoms with van der Waals surface area (Å²) in [5.41, 5.74) is 0. The standard InChI is InChI=1S/C16H26N4O/c1-3-21-16-10-15(18-12(2)19-16)20-8-6-14(7-9-20)17-11-13-4-5-13/h10,13-14,17H,3-9,11H2,1-2H3. The van der Waals surface area contributed by atoms with Gasteiger partial charge in [0.2, 0.25) is 5.88 Å². The van der Waals surface area contributed by atoms with E-state index in [4.69, 9.17) is 4.74 Å². The zero-order valence-corrected chi connectivity index (χ0v) is 13.1. The van der Waals surface area contributed by atoms with E-state index in [0.29, 0.717) is 18.5 Å². The zero-order chi connectivity index (χ0) is 14.7. The lowest BCUT2D eigenvalue weighted by Gasteiger charge is -2.33. The fraction of sp³-hybridized carbons (Fsp3) is 0.750. The van der Waals surface area contributed by atoms with Crippen molar-refractivity contribution in [3.8, 4) is 5.88 Å². The Bertz CT molecular complexity index is 467. The highest BCUT2D eigenvalue weighted by atomic mass is 16.5. The molecule has 2 heterocycles. The zero-order valence-electron chi connectivity index (χ0n) is 13.1. The van der Waals surface area contributed by atoms with E-state index in [9.17, 15) is 0 Å². The van der Waals surface area contributed by atoms with Crippen LogP contribution in [0.2, 0.25) is 0 Å². The maximum Gasteiger partial charge on any atom is 0.218 e. The van der Waals surface area contributed by atoms with Crippen LogP contribution in [-0.2, 0) is 0 Å². The minimum absolute atomic E-state index is 0.642. The van der Waals surface area contributed by atoms with Crippen molar-refractivity contribution >= 4 is 5.82 Å². The van der Waals surface area contributed by atoms with Gasteiger partial charge in [-0.3, -0.25) is 0 Å². The number of nitrogens with one attached hydrogen (secondary N) is 1. The van der Waals surface area contributed by atoms with Crippen LogP contribution in [0.4, 0.5) is 5.82 Å². The molecular formula is C16H26N4O. The van der Waals surface area contributed by atoms with Gasteiger partial charge in [0.15, 0.2) is 0 Å². The third kappa shape index (κ3) is 4.06. The Hall–Kier alpha value is -1.36. The van der Waals surface area contributed by atoms with Gasteiger partial charge >= 0.3 is 0 Å². The fourth-order valence-electron chi connectivity index (χ4n) is 2.88. The summed E-state index contributed by atoms with van der Waals surface area (Å²) < 4.78 is 5.52. The third-order valence-electron chi connectivity index (χ3n) is 4.30. The van der Waals surface area contributed by atoms with Crippen LogP contribution in [0.1, 0.15) is 38.4 Å². The number of ether oxygens (including phenoxy) is 1. The van der Waals surface area contributed by atoms with E-state index in [-0.39, 0.29) is 0 Å². The second kappa shape index (κ2) is 6.60. The van der Waals surface area contributed by atoms with E-state index in [0.717, 1.165) is 30.6 Å². The summed E-state index contributed by atoms with van der Waals surface area (Å²) in [6.45, 7) is 7.88. The molecule has 3 rings (SSSR count). The highest BCUT2D eigenvalue weighted by Crippen LogP contribution is 2.28. The first-order valence-corrected chi connectivity index (χ1v) is 8.21. The Morgan fingerprint density at radius 1 is 1.24 bits per heavy atom. The predicted octanol–water partition coefficient (Wildman–Crippen LogP) is 2.15. The van der Waals surface area contributed by atoms with Crippen LogP contribution in [0.15, 0.2) is 6.07 Å². The molecule has 0 bridgehead atoms. The molecule has 1 aliphatic carbocycles. The van der Waals surface area contributed by atoms with Crippen LogP contribution in [0.5, 0.6) is 5.88 Å². The lowest BCUT2D eigenvalue weighted by Crippen LogP contribution is -2.43. The van der Waals surface area contributed by atoms with Crippen LogP contribution in [0.3, 0.4) is 0 Å². The molecule has 0 radical (unpaired) electrons. The predicted molar refractivity (Wildman–Crippen MR) is 83.9 cm³/mol. The molecule has 0 atom stereocenters. The summed E-state index contributed by atoms with van der Waals surface area (Å²) in [5.74, 6) is 3.44. The maximum atomic E-state index is 5.52. The van der Waals surface area contributed by atoms with E-state index < -0.39 is 0 Å². The molecule has 1 aromatic heterocycles. The van der Waals surface area contributed by atoms with Crippen LogP contribution in [-0.4, -0.2) is 42.3 Å². The molecule has 0 spiro atoms. The van der Waals surface area contributed by atoms with Gasteiger partial charge < -0.3 is 15.0 Å². The van der Waals surface area contributed by atoms with Crippen molar-refractivity contribution in [2.24, 2.45) is 5.92 Å². The summed E-state index contributed by atoms with van der Waals surface area (Å²) in [7, 11) is 0. The Balaban J connectivity index is 1.55. The number of piperidine rings is 1. The minimum atomic E-state index is 0.642. The molecule has 116 valence electrons. The van der Waals surface area contributed by atoms with Crippen molar-refractivity contribution in [3.05, 3.63) is 11.9 Å². The van der Waals surface area contributed by atoms with Gasteiger partial charge in [0.25, 0.3) is 0 Å². The smallest absolute Gasteiger partial charge is 0.218 e. The molecule has 1 aliphatic heterocycles. The molecule has 21 heavy (non-hydrogen) atoms. The van der Waals surface area contributed by atoms with Crippen LogP contribution < -0.4 is 15.0 Å². The Morgan fingerprint density at radius 2 is 2.00 bits per heavy atom. The second-order valence-electron chi connectivity index (χ2n) is 6.16. The second-order valence-corrected chi connectivity index (χ2v) is 6.16. The van der Waals surface area contributed by atoms with Crippen LogP contribution in [0, 0.1) is 12.8 Å². The van der Waals surface area contributed by atoms with Crippen molar-refractivity contribution < 1.29 is 4.74 Å². The molecule has 1 saturated heterocycles. The third-order valence-corrected chi connectivity index (χ3v) is 4.30. The average molecular weight is 290 g/mol. The van der Waals surface area contributed by atoms with Crippen LogP contribution >= 0.6 is 0 Å². The fourth-order valence-corrected chi connectivity index (χ4v) is 2.88. The summed E-state index contributed by atoms with van der Waals surface area (Å²) in [6, 6.07) is 2.64. The van der Waals surface area contributed by atoms with Crippen molar-refractivity contribution in [3.63, 3.8) is 0 Å². The lowest BCUT2D eigenvalue weighted by atomic mass is 10.0. The first-order chi connectivity index (χ1) is 10.2. The lowest BCUT2D eigenvalue weighted by molar-refractivity contribution is 0.325. The van der Waals surface area contributed by atoms with Crippen molar-refractivity contribution in [1.82, 2.24) is 15.3 Å². The highest BCUT2D eigenvalue weighted by molar-refractivity contribution is 5.42. The number of nitrogens with zero attached hydrogens (tertiary/aromatic N) is 3. The molecule has 5 nitrogen and oxygen atoms in total. The summed E-state index contributed by atoms with van der Waals surface area (Å²) >= 11 is 0. The van der Waals surface area contributed by atoms with Crippen LogP contribution in [0.25, 0.3) is 0 Å². The Kier molecular flexibility index (Phi) is 4.58. The first kappa shape index (κ1) is 14.6. The molecule has 1 N–H and O–H groups in total. The van der Waals surface area contributed by atoms with E-state index in [1.54, 1.807) is 0 Å². The SMILES string of the molecule is CCOc1cc(N2CCC(NCC3CC3)CC2)nc(C)n1. The van der Waals surface area contributed by atoms with E-state index >= 15 is 0 Å². The van der Waals surface area contributed by atoms with Gasteiger partial charge in [-0.15, -0.1) is 0 Å². The topological polar surface area (TPSA) is 50.3 Å². The van der Waals surface area contributed by atoms with Gasteiger partial charge in [-0.25, -0.2) is 4.98 Å². The molecule has 2 fully saturated rings. The van der Waals surface area contributed by atoms with Crippen molar-refractivity contribution in [2.75, 3.05) is 31.1 Å². The van der Waals surface area contributed by atoms with Gasteiger partial charge in [-0.1, -0.05) is 0 Å². The maximum absolute atomic E-state index is 5.52. The Labute approximate surface area is 127 Å². The van der Waals surface area contributed by atoms with Gasteiger partial charge in [0.1, 0.15) is 11.6 Å². The number of hydrogen-bond donors (Lipinski definition) is 1. The molecule has 1 aromatic rings. The number of anilines is 1. The summed E-state index contributed by atoms with van der Waals surface area (Å²) in [5, 5.41) is 3.71.